The lowest BCUT2D eigenvalue weighted by Gasteiger charge is -2.17. The Morgan fingerprint density at radius 2 is 2.17 bits per heavy atom. The molecule has 120 valence electrons. The Balaban J connectivity index is 1.56. The molecule has 3 atom stereocenters. The minimum atomic E-state index is 0.472. The number of benzene rings is 1. The number of hydrogen-bond acceptors (Lipinski definition) is 5. The van der Waals surface area contributed by atoms with E-state index in [1.807, 2.05) is 19.4 Å². The van der Waals surface area contributed by atoms with Gasteiger partial charge in [0.2, 0.25) is 0 Å². The van der Waals surface area contributed by atoms with Crippen LogP contribution in [-0.2, 0) is 0 Å². The van der Waals surface area contributed by atoms with E-state index in [0.717, 1.165) is 29.3 Å². The summed E-state index contributed by atoms with van der Waals surface area (Å²) in [6, 6.07) is 6.37. The largest absolute Gasteiger partial charge is 0.493 e. The summed E-state index contributed by atoms with van der Waals surface area (Å²) < 4.78 is 5.97. The van der Waals surface area contributed by atoms with Gasteiger partial charge in [0, 0.05) is 48.5 Å². The van der Waals surface area contributed by atoms with E-state index in [9.17, 15) is 0 Å². The molecule has 1 saturated carbocycles. The van der Waals surface area contributed by atoms with Gasteiger partial charge >= 0.3 is 0 Å². The molecule has 6 heteroatoms. The minimum absolute atomic E-state index is 0.472. The average molecular weight is 319 g/mol. The van der Waals surface area contributed by atoms with Gasteiger partial charge in [0.1, 0.15) is 17.9 Å². The molecule has 2 N–H and O–H groups in total. The van der Waals surface area contributed by atoms with Crippen molar-refractivity contribution in [2.75, 3.05) is 19.0 Å². The van der Waals surface area contributed by atoms with Crippen LogP contribution in [0.5, 0.6) is 5.75 Å². The van der Waals surface area contributed by atoms with Gasteiger partial charge in [-0.1, -0.05) is 6.07 Å². The first kappa shape index (κ1) is 13.5. The van der Waals surface area contributed by atoms with E-state index in [0.29, 0.717) is 17.8 Å². The van der Waals surface area contributed by atoms with Gasteiger partial charge in [-0.15, -0.1) is 0 Å². The van der Waals surface area contributed by atoms with E-state index < -0.39 is 0 Å². The molecule has 1 aliphatic heterocycles. The number of nitrogens with one attached hydrogen (secondary N) is 2. The first-order valence-corrected chi connectivity index (χ1v) is 8.10. The van der Waals surface area contributed by atoms with Crippen LogP contribution in [0.3, 0.4) is 0 Å². The smallest absolute Gasteiger partial charge is 0.137 e. The van der Waals surface area contributed by atoms with Crippen molar-refractivity contribution >= 4 is 5.82 Å². The normalized spacial score (nSPS) is 23.8. The van der Waals surface area contributed by atoms with Crippen LogP contribution in [-0.4, -0.2) is 33.6 Å². The van der Waals surface area contributed by atoms with Crippen LogP contribution in [0.2, 0.25) is 0 Å². The van der Waals surface area contributed by atoms with E-state index in [1.54, 1.807) is 12.7 Å². The summed E-state index contributed by atoms with van der Waals surface area (Å²) in [5.74, 6) is 3.32. The summed E-state index contributed by atoms with van der Waals surface area (Å²) in [6.07, 6.45) is 7.08. The first-order valence-electron chi connectivity index (χ1n) is 8.10. The predicted octanol–water partition coefficient (Wildman–Crippen LogP) is 2.80. The van der Waals surface area contributed by atoms with Gasteiger partial charge in [-0.05, 0) is 23.3 Å². The molecule has 6 nitrogen and oxygen atoms in total. The maximum absolute atomic E-state index is 5.97. The standard InChI is InChI=1S/C18H17N5O/c1-19-18-12(5-20-9-23-18)10-2-3-15-11(4-10)16-13(7-24-15)17(16)14-6-21-8-22-14/h2-6,8-9,13,16-17H,7H2,1H3,(H,21,22)(H,19,20,23). The third kappa shape index (κ3) is 1.92. The highest BCUT2D eigenvalue weighted by atomic mass is 16.5. The van der Waals surface area contributed by atoms with Gasteiger partial charge in [-0.2, -0.15) is 0 Å². The van der Waals surface area contributed by atoms with E-state index in [2.05, 4.69) is 43.5 Å². The van der Waals surface area contributed by atoms with Crippen molar-refractivity contribution in [3.63, 3.8) is 0 Å². The summed E-state index contributed by atoms with van der Waals surface area (Å²) in [6.45, 7) is 0.775. The van der Waals surface area contributed by atoms with Crippen LogP contribution >= 0.6 is 0 Å². The van der Waals surface area contributed by atoms with E-state index >= 15 is 0 Å². The molecule has 3 unspecified atom stereocenters. The predicted molar refractivity (Wildman–Crippen MR) is 90.1 cm³/mol. The Labute approximate surface area is 139 Å². The van der Waals surface area contributed by atoms with Crippen molar-refractivity contribution in [3.05, 3.63) is 54.5 Å². The zero-order valence-electron chi connectivity index (χ0n) is 13.2. The second-order valence-electron chi connectivity index (χ2n) is 6.32. The van der Waals surface area contributed by atoms with Gasteiger partial charge in [0.25, 0.3) is 0 Å². The third-order valence-electron chi connectivity index (χ3n) is 5.11. The van der Waals surface area contributed by atoms with Crippen molar-refractivity contribution in [1.82, 2.24) is 19.9 Å². The van der Waals surface area contributed by atoms with Crippen LogP contribution < -0.4 is 10.1 Å². The Hall–Kier alpha value is -2.89. The zero-order chi connectivity index (χ0) is 16.1. The average Bonchev–Trinajstić information content (AvgIpc) is 3.13. The summed E-state index contributed by atoms with van der Waals surface area (Å²) in [7, 11) is 1.87. The Morgan fingerprint density at radius 1 is 1.21 bits per heavy atom. The van der Waals surface area contributed by atoms with E-state index in [4.69, 9.17) is 4.74 Å². The fourth-order valence-electron chi connectivity index (χ4n) is 3.91. The van der Waals surface area contributed by atoms with Crippen LogP contribution in [0.25, 0.3) is 11.1 Å². The molecule has 1 aliphatic carbocycles. The maximum Gasteiger partial charge on any atom is 0.137 e. The summed E-state index contributed by atoms with van der Waals surface area (Å²) in [5.41, 5.74) is 4.59. The molecule has 0 spiro atoms. The van der Waals surface area contributed by atoms with E-state index in [-0.39, 0.29) is 0 Å². The van der Waals surface area contributed by atoms with Crippen molar-refractivity contribution in [2.45, 2.75) is 11.8 Å². The molecule has 3 aromatic rings. The highest BCUT2D eigenvalue weighted by Crippen LogP contribution is 2.64. The lowest BCUT2D eigenvalue weighted by molar-refractivity contribution is 0.277. The van der Waals surface area contributed by atoms with Gasteiger partial charge in [0.15, 0.2) is 0 Å². The second-order valence-corrected chi connectivity index (χ2v) is 6.32. The summed E-state index contributed by atoms with van der Waals surface area (Å²) in [4.78, 5) is 15.9. The number of H-pyrrole nitrogens is 1. The number of imidazole rings is 1. The molecule has 5 rings (SSSR count). The lowest BCUT2D eigenvalue weighted by atomic mass is 9.99. The number of aromatic amines is 1. The molecule has 2 aromatic heterocycles. The van der Waals surface area contributed by atoms with Crippen molar-refractivity contribution < 1.29 is 4.74 Å². The van der Waals surface area contributed by atoms with Crippen molar-refractivity contribution in [1.29, 1.82) is 0 Å². The monoisotopic (exact) mass is 319 g/mol. The molecule has 1 aromatic carbocycles. The number of anilines is 1. The van der Waals surface area contributed by atoms with Gasteiger partial charge < -0.3 is 15.0 Å². The summed E-state index contributed by atoms with van der Waals surface area (Å²) >= 11 is 0. The molecule has 3 heterocycles. The van der Waals surface area contributed by atoms with Gasteiger partial charge in [-0.3, -0.25) is 0 Å². The molecular weight excluding hydrogens is 302 g/mol. The van der Waals surface area contributed by atoms with Crippen molar-refractivity contribution in [2.24, 2.45) is 5.92 Å². The van der Waals surface area contributed by atoms with Crippen LogP contribution in [0, 0.1) is 5.92 Å². The Bertz CT molecular complexity index is 892. The zero-order valence-corrected chi connectivity index (χ0v) is 13.2. The molecule has 2 aliphatic rings. The lowest BCUT2D eigenvalue weighted by Crippen LogP contribution is -2.08. The summed E-state index contributed by atoms with van der Waals surface area (Å²) in [5, 5.41) is 3.13. The number of rotatable bonds is 3. The second kappa shape index (κ2) is 5.06. The van der Waals surface area contributed by atoms with Gasteiger partial charge in [0.05, 0.1) is 12.9 Å². The number of fused-ring (bicyclic) bond motifs is 3. The molecule has 24 heavy (non-hydrogen) atoms. The highest BCUT2D eigenvalue weighted by Gasteiger charge is 2.56. The molecule has 0 radical (unpaired) electrons. The maximum atomic E-state index is 5.97. The SMILES string of the molecule is CNc1ncncc1-c1ccc2c(c1)C1C(CO2)C1c1cnc[nH]1. The van der Waals surface area contributed by atoms with E-state index in [1.165, 1.54) is 11.3 Å². The minimum Gasteiger partial charge on any atom is -0.493 e. The molecule has 0 bridgehead atoms. The number of aromatic nitrogens is 4. The van der Waals surface area contributed by atoms with Crippen LogP contribution in [0.1, 0.15) is 23.1 Å². The highest BCUT2D eigenvalue weighted by molar-refractivity contribution is 5.75. The number of ether oxygens (including phenoxy) is 1. The van der Waals surface area contributed by atoms with Crippen LogP contribution in [0.15, 0.2) is 43.2 Å². The quantitative estimate of drug-likeness (QED) is 0.776. The Kier molecular flexibility index (Phi) is 2.85. The first-order chi connectivity index (χ1) is 11.9. The van der Waals surface area contributed by atoms with Crippen LogP contribution in [0.4, 0.5) is 5.82 Å². The van der Waals surface area contributed by atoms with Gasteiger partial charge in [-0.25, -0.2) is 15.0 Å². The number of nitrogens with zero attached hydrogens (tertiary/aromatic N) is 3. The molecule has 0 saturated heterocycles. The third-order valence-corrected chi connectivity index (χ3v) is 5.11. The number of hydrogen-bond donors (Lipinski definition) is 2. The fourth-order valence-corrected chi connectivity index (χ4v) is 3.91. The van der Waals surface area contributed by atoms with Crippen molar-refractivity contribution in [3.8, 4) is 16.9 Å². The Morgan fingerprint density at radius 3 is 3.00 bits per heavy atom. The molecular formula is C18H17N5O. The fraction of sp³-hybridized carbons (Fsp3) is 0.278. The molecule has 1 fully saturated rings. The topological polar surface area (TPSA) is 75.7 Å². The molecule has 0 amide bonds.